The second kappa shape index (κ2) is 6.89. The van der Waals surface area contributed by atoms with E-state index in [-0.39, 0.29) is 23.3 Å². The Bertz CT molecular complexity index is 602. The number of hydrogen-bond acceptors (Lipinski definition) is 4. The van der Waals surface area contributed by atoms with Gasteiger partial charge in [0.2, 0.25) is 5.91 Å². The van der Waals surface area contributed by atoms with Gasteiger partial charge in [0.05, 0.1) is 11.5 Å². The van der Waals surface area contributed by atoms with Gasteiger partial charge < -0.3 is 16.0 Å². The molecule has 2 heterocycles. The first-order valence-corrected chi connectivity index (χ1v) is 8.75. The first-order chi connectivity index (χ1) is 11.5. The first-order valence-electron chi connectivity index (χ1n) is 8.75. The molecule has 1 aliphatic carbocycles. The van der Waals surface area contributed by atoms with Crippen molar-refractivity contribution in [3.05, 3.63) is 30.1 Å². The second-order valence-electron chi connectivity index (χ2n) is 7.21. The molecule has 3 rings (SSSR count). The summed E-state index contributed by atoms with van der Waals surface area (Å²) in [5.41, 5.74) is 6.20. The van der Waals surface area contributed by atoms with E-state index >= 15 is 0 Å². The normalized spacial score (nSPS) is 23.4. The minimum Gasteiger partial charge on any atom is -0.349 e. The Morgan fingerprint density at radius 3 is 2.67 bits per heavy atom. The van der Waals surface area contributed by atoms with E-state index in [1.807, 2.05) is 6.92 Å². The quantitative estimate of drug-likeness (QED) is 0.848. The second-order valence-corrected chi connectivity index (χ2v) is 7.21. The maximum atomic E-state index is 12.7. The largest absolute Gasteiger partial charge is 0.349 e. The zero-order chi connectivity index (χ0) is 17.2. The summed E-state index contributed by atoms with van der Waals surface area (Å²) in [4.78, 5) is 31.0. The summed E-state index contributed by atoms with van der Waals surface area (Å²) in [6.45, 7) is 3.65. The monoisotopic (exact) mass is 330 g/mol. The summed E-state index contributed by atoms with van der Waals surface area (Å²) >= 11 is 0. The number of amides is 2. The number of carbonyl (C=O) groups excluding carboxylic acids is 2. The average Bonchev–Trinajstić information content (AvgIpc) is 3.47. The average molecular weight is 330 g/mol. The number of aromatic nitrogens is 1. The molecule has 24 heavy (non-hydrogen) atoms. The van der Waals surface area contributed by atoms with E-state index in [4.69, 9.17) is 5.73 Å². The van der Waals surface area contributed by atoms with Gasteiger partial charge in [-0.05, 0) is 50.7 Å². The van der Waals surface area contributed by atoms with E-state index in [9.17, 15) is 9.59 Å². The Hall–Kier alpha value is -1.95. The lowest BCUT2D eigenvalue weighted by atomic mass is 9.91. The third-order valence-corrected chi connectivity index (χ3v) is 5.32. The highest BCUT2D eigenvalue weighted by Crippen LogP contribution is 2.39. The molecular formula is C18H26N4O2. The number of piperidine rings is 1. The van der Waals surface area contributed by atoms with E-state index in [1.165, 1.54) is 0 Å². The molecule has 2 aliphatic rings. The fourth-order valence-corrected chi connectivity index (χ4v) is 3.48. The van der Waals surface area contributed by atoms with Crippen molar-refractivity contribution in [3.8, 4) is 0 Å². The number of likely N-dealkylation sites (tertiary alicyclic amines) is 1. The molecule has 1 aliphatic heterocycles. The Balaban J connectivity index is 1.62. The smallest absolute Gasteiger partial charge is 0.253 e. The van der Waals surface area contributed by atoms with Crippen LogP contribution in [0.2, 0.25) is 0 Å². The van der Waals surface area contributed by atoms with Crippen molar-refractivity contribution in [1.82, 2.24) is 15.2 Å². The summed E-state index contributed by atoms with van der Waals surface area (Å²) in [6.07, 6.45) is 7.15. The van der Waals surface area contributed by atoms with Crippen LogP contribution >= 0.6 is 0 Å². The Morgan fingerprint density at radius 1 is 1.33 bits per heavy atom. The molecule has 6 heteroatoms. The van der Waals surface area contributed by atoms with E-state index in [2.05, 4.69) is 10.3 Å². The Kier molecular flexibility index (Phi) is 4.85. The van der Waals surface area contributed by atoms with Crippen molar-refractivity contribution in [1.29, 1.82) is 0 Å². The minimum atomic E-state index is -0.311. The lowest BCUT2D eigenvalue weighted by Crippen LogP contribution is -2.56. The standard InChI is InChI=1S/C18H26N4O2/c1-18(12-19,15-4-5-15)21-16(23)14-3-2-10-22(11-14)17(24)13-6-8-20-9-7-13/h6-9,14-15H,2-5,10-12,19H2,1H3,(H,21,23). The van der Waals surface area contributed by atoms with Crippen molar-refractivity contribution in [2.45, 2.75) is 38.1 Å². The van der Waals surface area contributed by atoms with Crippen LogP contribution < -0.4 is 11.1 Å². The summed E-state index contributed by atoms with van der Waals surface area (Å²) in [7, 11) is 0. The van der Waals surface area contributed by atoms with Crippen molar-refractivity contribution in [2.24, 2.45) is 17.6 Å². The molecule has 1 saturated heterocycles. The summed E-state index contributed by atoms with van der Waals surface area (Å²) < 4.78 is 0. The molecule has 0 radical (unpaired) electrons. The van der Waals surface area contributed by atoms with E-state index in [0.29, 0.717) is 31.1 Å². The molecule has 2 fully saturated rings. The molecule has 130 valence electrons. The van der Waals surface area contributed by atoms with Crippen LogP contribution in [0.3, 0.4) is 0 Å². The molecule has 6 nitrogen and oxygen atoms in total. The van der Waals surface area contributed by atoms with Crippen LogP contribution in [0.25, 0.3) is 0 Å². The minimum absolute atomic E-state index is 0.0290. The molecule has 2 amide bonds. The number of nitrogens with zero attached hydrogens (tertiary/aromatic N) is 2. The van der Waals surface area contributed by atoms with Crippen LogP contribution in [0.4, 0.5) is 0 Å². The van der Waals surface area contributed by atoms with Gasteiger partial charge in [0.15, 0.2) is 0 Å². The predicted molar refractivity (Wildman–Crippen MR) is 91.2 cm³/mol. The van der Waals surface area contributed by atoms with Crippen molar-refractivity contribution in [3.63, 3.8) is 0 Å². The molecule has 0 spiro atoms. The van der Waals surface area contributed by atoms with Crippen LogP contribution in [0.15, 0.2) is 24.5 Å². The van der Waals surface area contributed by atoms with Crippen LogP contribution in [0, 0.1) is 11.8 Å². The Labute approximate surface area is 142 Å². The number of carbonyl (C=O) groups is 2. The van der Waals surface area contributed by atoms with Crippen molar-refractivity contribution < 1.29 is 9.59 Å². The zero-order valence-electron chi connectivity index (χ0n) is 14.2. The summed E-state index contributed by atoms with van der Waals surface area (Å²) in [5.74, 6) is 0.333. The number of rotatable bonds is 5. The molecule has 0 aromatic carbocycles. The summed E-state index contributed by atoms with van der Waals surface area (Å²) in [6, 6.07) is 3.43. The number of pyridine rings is 1. The molecule has 3 N–H and O–H groups in total. The first kappa shape index (κ1) is 16.9. The number of hydrogen-bond donors (Lipinski definition) is 2. The van der Waals surface area contributed by atoms with Gasteiger partial charge in [-0.15, -0.1) is 0 Å². The van der Waals surface area contributed by atoms with Gasteiger partial charge in [-0.3, -0.25) is 14.6 Å². The summed E-state index contributed by atoms with van der Waals surface area (Å²) in [5, 5.41) is 3.16. The lowest BCUT2D eigenvalue weighted by molar-refractivity contribution is -0.128. The van der Waals surface area contributed by atoms with Gasteiger partial charge in [-0.25, -0.2) is 0 Å². The topological polar surface area (TPSA) is 88.3 Å². The van der Waals surface area contributed by atoms with Gasteiger partial charge in [0.1, 0.15) is 0 Å². The van der Waals surface area contributed by atoms with Gasteiger partial charge in [0, 0.05) is 37.6 Å². The fraction of sp³-hybridized carbons (Fsp3) is 0.611. The lowest BCUT2D eigenvalue weighted by Gasteiger charge is -2.36. The predicted octanol–water partition coefficient (Wildman–Crippen LogP) is 1.18. The SMILES string of the molecule is CC(CN)(NC(=O)C1CCCN(C(=O)c2ccncc2)C1)C1CC1. The van der Waals surface area contributed by atoms with E-state index in [1.54, 1.807) is 29.4 Å². The third kappa shape index (κ3) is 3.59. The molecular weight excluding hydrogens is 304 g/mol. The van der Waals surface area contributed by atoms with E-state index < -0.39 is 0 Å². The maximum Gasteiger partial charge on any atom is 0.253 e. The van der Waals surface area contributed by atoms with Gasteiger partial charge in [0.25, 0.3) is 5.91 Å². The molecule has 0 bridgehead atoms. The van der Waals surface area contributed by atoms with E-state index in [0.717, 1.165) is 25.7 Å². The third-order valence-electron chi connectivity index (χ3n) is 5.32. The molecule has 1 aromatic rings. The number of nitrogens with two attached hydrogens (primary N) is 1. The fourth-order valence-electron chi connectivity index (χ4n) is 3.48. The van der Waals surface area contributed by atoms with Crippen LogP contribution in [-0.2, 0) is 4.79 Å². The van der Waals surface area contributed by atoms with Crippen LogP contribution in [0.5, 0.6) is 0 Å². The van der Waals surface area contributed by atoms with Gasteiger partial charge in [-0.1, -0.05) is 0 Å². The highest BCUT2D eigenvalue weighted by Gasteiger charge is 2.42. The van der Waals surface area contributed by atoms with Crippen molar-refractivity contribution in [2.75, 3.05) is 19.6 Å². The van der Waals surface area contributed by atoms with Crippen LogP contribution in [-0.4, -0.2) is 46.9 Å². The van der Waals surface area contributed by atoms with Gasteiger partial charge >= 0.3 is 0 Å². The maximum absolute atomic E-state index is 12.7. The van der Waals surface area contributed by atoms with Crippen LogP contribution in [0.1, 0.15) is 43.0 Å². The molecule has 1 aromatic heterocycles. The molecule has 2 unspecified atom stereocenters. The van der Waals surface area contributed by atoms with Crippen molar-refractivity contribution >= 4 is 11.8 Å². The highest BCUT2D eigenvalue weighted by atomic mass is 16.2. The molecule has 2 atom stereocenters. The molecule has 1 saturated carbocycles. The van der Waals surface area contributed by atoms with Gasteiger partial charge in [-0.2, -0.15) is 0 Å². The number of nitrogens with one attached hydrogen (secondary N) is 1. The zero-order valence-corrected chi connectivity index (χ0v) is 14.2. The Morgan fingerprint density at radius 2 is 2.04 bits per heavy atom. The highest BCUT2D eigenvalue weighted by molar-refractivity contribution is 5.94.